The molecule has 58 valence electrons. The molecule has 0 fully saturated rings. The van der Waals surface area contributed by atoms with Gasteiger partial charge in [0, 0.05) is 18.9 Å². The fraction of sp³-hybridized carbons (Fsp3) is 0.429. The number of nitrogens with zero attached hydrogens (tertiary/aromatic N) is 2. The fourth-order valence-corrected chi connectivity index (χ4v) is 1.51. The van der Waals surface area contributed by atoms with Gasteiger partial charge >= 0.3 is 0 Å². The van der Waals surface area contributed by atoms with E-state index in [1.165, 1.54) is 0 Å². The van der Waals surface area contributed by atoms with Crippen molar-refractivity contribution in [1.82, 2.24) is 9.55 Å². The summed E-state index contributed by atoms with van der Waals surface area (Å²) in [5, 5.41) is 7.29. The molecule has 2 rings (SSSR count). The Balaban J connectivity index is 2.38. The molecule has 0 saturated carbocycles. The largest absolute Gasteiger partial charge is 0.387 e. The van der Waals surface area contributed by atoms with E-state index >= 15 is 0 Å². The van der Waals surface area contributed by atoms with Gasteiger partial charge in [-0.25, -0.2) is 4.98 Å². The highest BCUT2D eigenvalue weighted by Crippen LogP contribution is 2.25. The summed E-state index contributed by atoms with van der Waals surface area (Å²) in [6.07, 6.45) is 4.61. The van der Waals surface area contributed by atoms with Crippen molar-refractivity contribution < 1.29 is 0 Å². The van der Waals surface area contributed by atoms with E-state index in [0.29, 0.717) is 0 Å². The van der Waals surface area contributed by atoms with Crippen molar-refractivity contribution in [3.63, 3.8) is 0 Å². The predicted octanol–water partition coefficient (Wildman–Crippen LogP) is 0.306. The lowest BCUT2D eigenvalue weighted by atomic mass is 10.1. The molecule has 0 saturated heterocycles. The van der Waals surface area contributed by atoms with E-state index in [0.717, 1.165) is 18.8 Å². The molecule has 11 heavy (non-hydrogen) atoms. The molecule has 1 aliphatic rings. The lowest BCUT2D eigenvalue weighted by molar-refractivity contribution is 0.736. The number of rotatable bonds is 1. The number of aryl methyl sites for hydroxylation is 1. The molecule has 1 aromatic rings. The van der Waals surface area contributed by atoms with Crippen LogP contribution in [-0.2, 0) is 6.54 Å². The van der Waals surface area contributed by atoms with Crippen LogP contribution in [0.5, 0.6) is 0 Å². The Morgan fingerprint density at radius 2 is 2.64 bits per heavy atom. The molecule has 0 radical (unpaired) electrons. The lowest BCUT2D eigenvalue weighted by Gasteiger charge is -2.03. The van der Waals surface area contributed by atoms with E-state index in [2.05, 4.69) is 4.98 Å². The van der Waals surface area contributed by atoms with Crippen LogP contribution in [-0.4, -0.2) is 15.4 Å². The van der Waals surface area contributed by atoms with E-state index in [-0.39, 0.29) is 11.8 Å². The van der Waals surface area contributed by atoms with Gasteiger partial charge in [0.15, 0.2) is 0 Å². The summed E-state index contributed by atoms with van der Waals surface area (Å²) in [7, 11) is 0. The Bertz CT molecular complexity index is 288. The molecule has 0 bridgehead atoms. The normalized spacial score (nSPS) is 21.6. The van der Waals surface area contributed by atoms with Crippen LogP contribution in [0.3, 0.4) is 0 Å². The average Bonchev–Trinajstić information content (AvgIpc) is 2.41. The van der Waals surface area contributed by atoms with E-state index in [1.54, 1.807) is 6.20 Å². The van der Waals surface area contributed by atoms with Gasteiger partial charge in [0.1, 0.15) is 11.7 Å². The van der Waals surface area contributed by atoms with Crippen LogP contribution in [0, 0.1) is 5.41 Å². The molecule has 1 atom stereocenters. The summed E-state index contributed by atoms with van der Waals surface area (Å²) in [5.74, 6) is 1.23. The number of imidazole rings is 1. The molecule has 0 amide bonds. The first-order valence-corrected chi connectivity index (χ1v) is 3.64. The van der Waals surface area contributed by atoms with Gasteiger partial charge in [-0.05, 0) is 6.42 Å². The first-order valence-electron chi connectivity index (χ1n) is 3.64. The summed E-state index contributed by atoms with van der Waals surface area (Å²) in [6, 6.07) is 0. The van der Waals surface area contributed by atoms with Gasteiger partial charge in [-0.15, -0.1) is 0 Å². The highest BCUT2D eigenvalue weighted by molar-refractivity contribution is 5.84. The Hall–Kier alpha value is -1.32. The molecule has 0 unspecified atom stereocenters. The first-order chi connectivity index (χ1) is 5.29. The van der Waals surface area contributed by atoms with Crippen LogP contribution in [0.15, 0.2) is 12.4 Å². The Kier molecular flexibility index (Phi) is 1.21. The molecule has 4 heteroatoms. The van der Waals surface area contributed by atoms with Crippen molar-refractivity contribution >= 4 is 5.84 Å². The number of nitrogens with two attached hydrogens (primary N) is 1. The van der Waals surface area contributed by atoms with E-state index in [1.807, 2.05) is 10.8 Å². The second-order valence-electron chi connectivity index (χ2n) is 2.78. The highest BCUT2D eigenvalue weighted by Gasteiger charge is 2.25. The zero-order valence-corrected chi connectivity index (χ0v) is 6.12. The van der Waals surface area contributed by atoms with Crippen molar-refractivity contribution in [2.75, 3.05) is 0 Å². The van der Waals surface area contributed by atoms with Crippen molar-refractivity contribution in [1.29, 1.82) is 5.41 Å². The molecule has 3 N–H and O–H groups in total. The molecule has 0 spiro atoms. The summed E-state index contributed by atoms with van der Waals surface area (Å²) in [5.41, 5.74) is 5.40. The van der Waals surface area contributed by atoms with Crippen LogP contribution in [0.4, 0.5) is 0 Å². The number of hydrogen-bond donors (Lipinski definition) is 2. The van der Waals surface area contributed by atoms with Crippen LogP contribution in [0.1, 0.15) is 18.2 Å². The van der Waals surface area contributed by atoms with E-state index in [9.17, 15) is 0 Å². The zero-order valence-electron chi connectivity index (χ0n) is 6.12. The van der Waals surface area contributed by atoms with Crippen LogP contribution >= 0.6 is 0 Å². The third kappa shape index (κ3) is 0.824. The van der Waals surface area contributed by atoms with E-state index < -0.39 is 0 Å². The first kappa shape index (κ1) is 6.39. The van der Waals surface area contributed by atoms with Crippen LogP contribution in [0.25, 0.3) is 0 Å². The third-order valence-electron chi connectivity index (χ3n) is 2.09. The molecular formula is C7H10N4. The minimum absolute atomic E-state index is 0.0602. The topological polar surface area (TPSA) is 67.7 Å². The quantitative estimate of drug-likeness (QED) is 0.446. The summed E-state index contributed by atoms with van der Waals surface area (Å²) < 4.78 is 2.05. The number of aromatic nitrogens is 2. The SMILES string of the molecule is N=C(N)[C@H]1CCn2ccnc21. The van der Waals surface area contributed by atoms with Gasteiger partial charge in [-0.2, -0.15) is 0 Å². The van der Waals surface area contributed by atoms with Gasteiger partial charge < -0.3 is 10.3 Å². The molecule has 1 aliphatic heterocycles. The standard InChI is InChI=1S/C7H10N4/c8-6(9)5-1-3-11-4-2-10-7(5)11/h2,4-5H,1,3H2,(H3,8,9)/t5-/m1/s1. The number of hydrogen-bond acceptors (Lipinski definition) is 2. The monoisotopic (exact) mass is 150 g/mol. The zero-order chi connectivity index (χ0) is 7.84. The van der Waals surface area contributed by atoms with Crippen molar-refractivity contribution in [3.05, 3.63) is 18.2 Å². The molecule has 4 nitrogen and oxygen atoms in total. The Morgan fingerprint density at radius 3 is 3.36 bits per heavy atom. The lowest BCUT2D eigenvalue weighted by Crippen LogP contribution is -2.18. The number of fused-ring (bicyclic) bond motifs is 1. The Morgan fingerprint density at radius 1 is 1.82 bits per heavy atom. The second kappa shape index (κ2) is 2.08. The van der Waals surface area contributed by atoms with E-state index in [4.69, 9.17) is 11.1 Å². The Labute approximate surface area is 64.5 Å². The minimum atomic E-state index is 0.0602. The fourth-order valence-electron chi connectivity index (χ4n) is 1.51. The minimum Gasteiger partial charge on any atom is -0.387 e. The maximum Gasteiger partial charge on any atom is 0.119 e. The summed E-state index contributed by atoms with van der Waals surface area (Å²) in [4.78, 5) is 4.14. The average molecular weight is 150 g/mol. The van der Waals surface area contributed by atoms with Crippen molar-refractivity contribution in [3.8, 4) is 0 Å². The summed E-state index contributed by atoms with van der Waals surface area (Å²) in [6.45, 7) is 0.944. The molecule has 0 aliphatic carbocycles. The van der Waals surface area contributed by atoms with Crippen LogP contribution in [0.2, 0.25) is 0 Å². The van der Waals surface area contributed by atoms with Crippen LogP contribution < -0.4 is 5.73 Å². The van der Waals surface area contributed by atoms with Crippen molar-refractivity contribution in [2.24, 2.45) is 5.73 Å². The smallest absolute Gasteiger partial charge is 0.119 e. The van der Waals surface area contributed by atoms with Gasteiger partial charge in [0.2, 0.25) is 0 Å². The highest BCUT2D eigenvalue weighted by atomic mass is 15.1. The molecule has 1 aromatic heterocycles. The van der Waals surface area contributed by atoms with Gasteiger partial charge in [-0.3, -0.25) is 5.41 Å². The molecule has 0 aromatic carbocycles. The van der Waals surface area contributed by atoms with Gasteiger partial charge in [-0.1, -0.05) is 0 Å². The third-order valence-corrected chi connectivity index (χ3v) is 2.09. The number of amidine groups is 1. The summed E-state index contributed by atoms with van der Waals surface area (Å²) >= 11 is 0. The predicted molar refractivity (Wildman–Crippen MR) is 41.5 cm³/mol. The second-order valence-corrected chi connectivity index (χ2v) is 2.78. The van der Waals surface area contributed by atoms with Gasteiger partial charge in [0.05, 0.1) is 5.92 Å². The maximum absolute atomic E-state index is 7.29. The maximum atomic E-state index is 7.29. The van der Waals surface area contributed by atoms with Gasteiger partial charge in [0.25, 0.3) is 0 Å². The number of nitrogens with one attached hydrogen (secondary N) is 1. The molecular weight excluding hydrogens is 140 g/mol. The van der Waals surface area contributed by atoms with Crippen molar-refractivity contribution in [2.45, 2.75) is 18.9 Å². The molecule has 2 heterocycles.